The number of phosphoric acid groups is 2. The number of aliphatic hydroxyl groups is 1. The second-order valence-electron chi connectivity index (χ2n) is 24.6. The molecule has 0 heterocycles. The van der Waals surface area contributed by atoms with Crippen LogP contribution in [0.25, 0.3) is 0 Å². The van der Waals surface area contributed by atoms with Gasteiger partial charge in [-0.05, 0) is 63.2 Å². The first kappa shape index (κ1) is 84.5. The van der Waals surface area contributed by atoms with Crippen molar-refractivity contribution < 1.29 is 80.2 Å². The first-order valence-electron chi connectivity index (χ1n) is 34.8. The van der Waals surface area contributed by atoms with Crippen molar-refractivity contribution in [2.75, 3.05) is 39.6 Å². The highest BCUT2D eigenvalue weighted by Crippen LogP contribution is 2.45. The summed E-state index contributed by atoms with van der Waals surface area (Å²) >= 11 is 0. The van der Waals surface area contributed by atoms with Gasteiger partial charge in [0.2, 0.25) is 0 Å². The molecule has 0 aliphatic carbocycles. The lowest BCUT2D eigenvalue weighted by atomic mass is 9.99. The Morgan fingerprint density at radius 2 is 0.678 bits per heavy atom. The molecular weight excluding hydrogens is 1150 g/mol. The van der Waals surface area contributed by atoms with Gasteiger partial charge in [-0.25, -0.2) is 9.13 Å². The Hall–Kier alpha value is -2.46. The second kappa shape index (κ2) is 59.8. The van der Waals surface area contributed by atoms with E-state index in [2.05, 4.69) is 65.8 Å². The molecule has 3 unspecified atom stereocenters. The summed E-state index contributed by atoms with van der Waals surface area (Å²) in [5, 5.41) is 10.6. The maximum atomic E-state index is 13.0. The summed E-state index contributed by atoms with van der Waals surface area (Å²) < 4.78 is 68.1. The number of unbranched alkanes of at least 4 members (excludes halogenated alkanes) is 31. The van der Waals surface area contributed by atoms with E-state index in [1.165, 1.54) is 122 Å². The van der Waals surface area contributed by atoms with Crippen LogP contribution in [0.3, 0.4) is 0 Å². The molecule has 512 valence electrons. The Balaban J connectivity index is 5.29. The van der Waals surface area contributed by atoms with Gasteiger partial charge in [-0.15, -0.1) is 0 Å². The number of rotatable bonds is 65. The highest BCUT2D eigenvalue weighted by atomic mass is 31.2. The predicted octanol–water partition coefficient (Wildman–Crippen LogP) is 18.8. The highest BCUT2D eigenvalue weighted by Gasteiger charge is 2.30. The van der Waals surface area contributed by atoms with Gasteiger partial charge in [0.15, 0.2) is 12.2 Å². The summed E-state index contributed by atoms with van der Waals surface area (Å²) in [4.78, 5) is 72.4. The van der Waals surface area contributed by atoms with Gasteiger partial charge in [0.05, 0.1) is 26.4 Å². The highest BCUT2D eigenvalue weighted by molar-refractivity contribution is 7.47. The average molecular weight is 1280 g/mol. The Morgan fingerprint density at radius 3 is 1.03 bits per heavy atom. The van der Waals surface area contributed by atoms with E-state index in [1.807, 2.05) is 0 Å². The summed E-state index contributed by atoms with van der Waals surface area (Å²) in [6.45, 7) is 9.39. The normalized spacial score (nSPS) is 14.7. The van der Waals surface area contributed by atoms with Gasteiger partial charge in [-0.3, -0.25) is 37.3 Å². The maximum Gasteiger partial charge on any atom is 0.472 e. The molecule has 0 aromatic carbocycles. The van der Waals surface area contributed by atoms with Crippen LogP contribution in [0.5, 0.6) is 0 Å². The summed E-state index contributed by atoms with van der Waals surface area (Å²) in [5.74, 6) is -0.692. The average Bonchev–Trinajstić information content (AvgIpc) is 3.63. The molecule has 0 amide bonds. The smallest absolute Gasteiger partial charge is 0.462 e. The molecule has 19 heteroatoms. The first-order valence-corrected chi connectivity index (χ1v) is 37.8. The van der Waals surface area contributed by atoms with Crippen molar-refractivity contribution in [2.24, 2.45) is 11.8 Å². The van der Waals surface area contributed by atoms with Crippen LogP contribution in [0, 0.1) is 11.8 Å². The minimum Gasteiger partial charge on any atom is -0.462 e. The van der Waals surface area contributed by atoms with E-state index in [4.69, 9.17) is 37.0 Å². The molecule has 6 atom stereocenters. The Morgan fingerprint density at radius 1 is 0.379 bits per heavy atom. The number of hydrogen-bond acceptors (Lipinski definition) is 15. The summed E-state index contributed by atoms with van der Waals surface area (Å²) in [6.07, 6.45) is 46.6. The van der Waals surface area contributed by atoms with Crippen LogP contribution in [0.2, 0.25) is 0 Å². The van der Waals surface area contributed by atoms with Crippen molar-refractivity contribution in [2.45, 2.75) is 336 Å². The van der Waals surface area contributed by atoms with Gasteiger partial charge < -0.3 is 33.8 Å². The monoisotopic (exact) mass is 1280 g/mol. The maximum absolute atomic E-state index is 13.0. The quantitative estimate of drug-likeness (QED) is 0.0169. The lowest BCUT2D eigenvalue weighted by molar-refractivity contribution is -0.161. The van der Waals surface area contributed by atoms with Gasteiger partial charge in [0.1, 0.15) is 19.3 Å². The lowest BCUT2D eigenvalue weighted by Gasteiger charge is -2.21. The molecule has 0 fully saturated rings. The van der Waals surface area contributed by atoms with Gasteiger partial charge in [0, 0.05) is 25.7 Å². The number of phosphoric ester groups is 2. The molecule has 17 nitrogen and oxygen atoms in total. The number of aliphatic hydroxyl groups excluding tert-OH is 1. The zero-order valence-corrected chi connectivity index (χ0v) is 57.6. The molecule has 0 spiro atoms. The number of ether oxygens (including phenoxy) is 4. The molecule has 0 aromatic heterocycles. The van der Waals surface area contributed by atoms with E-state index in [9.17, 15) is 43.2 Å². The van der Waals surface area contributed by atoms with Gasteiger partial charge in [-0.1, -0.05) is 265 Å². The molecule has 3 N–H and O–H groups in total. The SMILES string of the molecule is CCCCCC/C=C\C=C/CCCCCCCC(=O)O[C@H](COC(=O)CCCCCCCCCCC(C)CC)COP(=O)(O)OC[C@@H](O)COP(=O)(O)OC[C@@H](COC(=O)CCCCCCCCCCCC)OC(=O)CCCCCCCCCC(C)C. The molecule has 0 radical (unpaired) electrons. The summed E-state index contributed by atoms with van der Waals surface area (Å²) in [5.41, 5.74) is 0. The molecular formula is C68H128O17P2. The van der Waals surface area contributed by atoms with Crippen LogP contribution in [-0.2, 0) is 65.4 Å². The van der Waals surface area contributed by atoms with Crippen LogP contribution in [0.4, 0.5) is 0 Å². The van der Waals surface area contributed by atoms with E-state index in [1.54, 1.807) is 0 Å². The van der Waals surface area contributed by atoms with E-state index in [0.29, 0.717) is 31.6 Å². The van der Waals surface area contributed by atoms with Crippen LogP contribution in [-0.4, -0.2) is 96.7 Å². The Labute approximate surface area is 529 Å². The number of allylic oxidation sites excluding steroid dienone is 4. The minimum absolute atomic E-state index is 0.0842. The molecule has 0 rings (SSSR count). The predicted molar refractivity (Wildman–Crippen MR) is 349 cm³/mol. The molecule has 0 saturated carbocycles. The summed E-state index contributed by atoms with van der Waals surface area (Å²) in [6, 6.07) is 0. The van der Waals surface area contributed by atoms with Crippen molar-refractivity contribution in [3.05, 3.63) is 24.3 Å². The molecule has 0 bridgehead atoms. The topological polar surface area (TPSA) is 237 Å². The van der Waals surface area contributed by atoms with Crippen molar-refractivity contribution in [3.8, 4) is 0 Å². The second-order valence-corrected chi connectivity index (χ2v) is 27.5. The third-order valence-electron chi connectivity index (χ3n) is 15.4. The van der Waals surface area contributed by atoms with Crippen molar-refractivity contribution >= 4 is 39.5 Å². The first-order chi connectivity index (χ1) is 41.9. The Kier molecular flexibility index (Phi) is 58.1. The number of carbonyl (C=O) groups excluding carboxylic acids is 4. The lowest BCUT2D eigenvalue weighted by Crippen LogP contribution is -2.30. The van der Waals surface area contributed by atoms with Crippen molar-refractivity contribution in [1.29, 1.82) is 0 Å². The third-order valence-corrected chi connectivity index (χ3v) is 17.3. The van der Waals surface area contributed by atoms with Crippen LogP contribution in [0.15, 0.2) is 24.3 Å². The van der Waals surface area contributed by atoms with Gasteiger partial charge in [-0.2, -0.15) is 0 Å². The zero-order valence-electron chi connectivity index (χ0n) is 55.8. The van der Waals surface area contributed by atoms with E-state index in [-0.39, 0.29) is 25.7 Å². The van der Waals surface area contributed by atoms with Crippen molar-refractivity contribution in [1.82, 2.24) is 0 Å². The van der Waals surface area contributed by atoms with Crippen molar-refractivity contribution in [3.63, 3.8) is 0 Å². The number of esters is 4. The third kappa shape index (κ3) is 60.9. The van der Waals surface area contributed by atoms with Crippen LogP contribution < -0.4 is 0 Å². The fourth-order valence-corrected chi connectivity index (χ4v) is 11.2. The molecule has 87 heavy (non-hydrogen) atoms. The fraction of sp³-hybridized carbons (Fsp3) is 0.882. The largest absolute Gasteiger partial charge is 0.472 e. The van der Waals surface area contributed by atoms with E-state index in [0.717, 1.165) is 109 Å². The molecule has 0 aromatic rings. The van der Waals surface area contributed by atoms with Crippen LogP contribution in [0.1, 0.15) is 318 Å². The van der Waals surface area contributed by atoms with Crippen LogP contribution >= 0.6 is 15.6 Å². The standard InChI is InChI=1S/C68H128O17P2/c1-7-10-12-14-16-18-20-21-22-23-24-26-34-40-46-52-67(72)84-63(56-79-66(71)51-45-39-33-28-27-31-37-43-49-61(6)9-3)58-82-86(74,75)80-54-62(69)55-81-87(76,77)83-59-64(85-68(73)53-47-41-35-29-30-36-42-48-60(4)5)57-78-65(70)50-44-38-32-25-19-17-15-13-11-8-2/h18,20-22,60-64,69H,7-17,19,23-59H2,1-6H3,(H,74,75)(H,76,77)/b20-18-,22-21-/t61?,62-,63-,64-/m1/s1. The molecule has 0 aliphatic rings. The fourth-order valence-electron chi connectivity index (χ4n) is 9.67. The minimum atomic E-state index is -4.96. The zero-order chi connectivity index (χ0) is 64.3. The number of carbonyl (C=O) groups is 4. The van der Waals surface area contributed by atoms with E-state index >= 15 is 0 Å². The number of hydrogen-bond donors (Lipinski definition) is 3. The van der Waals surface area contributed by atoms with E-state index < -0.39 is 97.5 Å². The Bertz CT molecular complexity index is 1800. The molecule has 0 aliphatic heterocycles. The summed E-state index contributed by atoms with van der Waals surface area (Å²) in [7, 11) is -9.91. The molecule has 0 saturated heterocycles. The van der Waals surface area contributed by atoms with Gasteiger partial charge in [0.25, 0.3) is 0 Å². The van der Waals surface area contributed by atoms with Gasteiger partial charge >= 0.3 is 39.5 Å².